The van der Waals surface area contributed by atoms with Crippen molar-refractivity contribution in [2.45, 2.75) is 0 Å². The van der Waals surface area contributed by atoms with Crippen LogP contribution in [0.3, 0.4) is 0 Å². The number of methoxy groups -OCH3 is 1. The fraction of sp³-hybridized carbons (Fsp3) is 0.0714. The van der Waals surface area contributed by atoms with Crippen LogP contribution in [-0.4, -0.2) is 12.1 Å². The van der Waals surface area contributed by atoms with Crippen molar-refractivity contribution >= 4 is 28.6 Å². The number of ether oxygens (including phenoxy) is 1. The number of thiocarbonyl (C=S) groups is 1. The predicted octanol–water partition coefficient (Wildman–Crippen LogP) is 3.21. The molecule has 0 saturated heterocycles. The number of hydrogen-bond acceptors (Lipinski definition) is 3. The van der Waals surface area contributed by atoms with Crippen LogP contribution in [0.25, 0.3) is 0 Å². The summed E-state index contributed by atoms with van der Waals surface area (Å²) in [6.45, 7) is 0. The Labute approximate surface area is 116 Å². The molecule has 2 rings (SSSR count). The van der Waals surface area contributed by atoms with Gasteiger partial charge < -0.3 is 15.8 Å². The third-order valence-electron chi connectivity index (χ3n) is 2.63. The molecule has 3 N–H and O–H groups in total. The predicted molar refractivity (Wildman–Crippen MR) is 78.6 cm³/mol. The number of anilines is 2. The Balaban J connectivity index is 2.31. The standard InChI is InChI=1S/C14H13FN2OS/c1-18-13-5-3-2-4-12(13)17-11-7-6-9(14(16)19)8-10(11)15/h2-8,17H,1H3,(H2,16,19). The van der Waals surface area contributed by atoms with Crippen LogP contribution in [0.1, 0.15) is 5.56 Å². The summed E-state index contributed by atoms with van der Waals surface area (Å²) in [5, 5.41) is 2.97. The second-order valence-electron chi connectivity index (χ2n) is 3.88. The van der Waals surface area contributed by atoms with E-state index in [1.54, 1.807) is 31.4 Å². The van der Waals surface area contributed by atoms with Crippen LogP contribution in [0, 0.1) is 5.82 Å². The number of rotatable bonds is 4. The molecule has 0 bridgehead atoms. The Morgan fingerprint density at radius 2 is 1.95 bits per heavy atom. The molecule has 0 heterocycles. The minimum atomic E-state index is -0.420. The molecule has 5 heteroatoms. The molecule has 0 aliphatic rings. The zero-order chi connectivity index (χ0) is 13.8. The number of nitrogens with two attached hydrogens (primary N) is 1. The van der Waals surface area contributed by atoms with Gasteiger partial charge in [-0.3, -0.25) is 0 Å². The minimum Gasteiger partial charge on any atom is -0.495 e. The van der Waals surface area contributed by atoms with E-state index >= 15 is 0 Å². The molecule has 2 aromatic carbocycles. The molecule has 0 aliphatic heterocycles. The SMILES string of the molecule is COc1ccccc1Nc1ccc(C(N)=S)cc1F. The molecule has 0 amide bonds. The summed E-state index contributed by atoms with van der Waals surface area (Å²) in [7, 11) is 1.56. The fourth-order valence-electron chi connectivity index (χ4n) is 1.66. The molecular formula is C14H13FN2OS. The van der Waals surface area contributed by atoms with Crippen molar-refractivity contribution in [3.63, 3.8) is 0 Å². The number of para-hydroxylation sites is 2. The molecule has 19 heavy (non-hydrogen) atoms. The first-order chi connectivity index (χ1) is 9.11. The Bertz CT molecular complexity index is 616. The number of benzene rings is 2. The Kier molecular flexibility index (Phi) is 3.97. The summed E-state index contributed by atoms with van der Waals surface area (Å²) >= 11 is 4.80. The van der Waals surface area contributed by atoms with Crippen molar-refractivity contribution < 1.29 is 9.13 Å². The van der Waals surface area contributed by atoms with E-state index in [4.69, 9.17) is 22.7 Å². The second-order valence-corrected chi connectivity index (χ2v) is 4.32. The van der Waals surface area contributed by atoms with Gasteiger partial charge in [0.25, 0.3) is 0 Å². The second kappa shape index (κ2) is 5.67. The zero-order valence-corrected chi connectivity index (χ0v) is 11.1. The van der Waals surface area contributed by atoms with E-state index < -0.39 is 5.82 Å². The summed E-state index contributed by atoms with van der Waals surface area (Å²) in [5.74, 6) is 0.219. The summed E-state index contributed by atoms with van der Waals surface area (Å²) in [4.78, 5) is 0.169. The summed E-state index contributed by atoms with van der Waals surface area (Å²) in [5.41, 5.74) is 6.98. The average Bonchev–Trinajstić information content (AvgIpc) is 2.41. The lowest BCUT2D eigenvalue weighted by Gasteiger charge is -2.12. The Morgan fingerprint density at radius 1 is 1.21 bits per heavy atom. The summed E-state index contributed by atoms with van der Waals surface area (Å²) in [6.07, 6.45) is 0. The van der Waals surface area contributed by atoms with Crippen LogP contribution < -0.4 is 15.8 Å². The maximum Gasteiger partial charge on any atom is 0.147 e. The van der Waals surface area contributed by atoms with Crippen molar-refractivity contribution in [1.29, 1.82) is 0 Å². The number of nitrogens with one attached hydrogen (secondary N) is 1. The molecule has 2 aromatic rings. The van der Waals surface area contributed by atoms with Crippen LogP contribution in [-0.2, 0) is 0 Å². The molecule has 0 radical (unpaired) electrons. The lowest BCUT2D eigenvalue weighted by atomic mass is 10.2. The van der Waals surface area contributed by atoms with E-state index in [0.29, 0.717) is 22.7 Å². The largest absolute Gasteiger partial charge is 0.495 e. The van der Waals surface area contributed by atoms with Gasteiger partial charge in [0.1, 0.15) is 16.6 Å². The maximum atomic E-state index is 13.9. The summed E-state index contributed by atoms with van der Waals surface area (Å²) in [6, 6.07) is 11.9. The highest BCUT2D eigenvalue weighted by atomic mass is 32.1. The van der Waals surface area contributed by atoms with Crippen LogP contribution >= 0.6 is 12.2 Å². The quantitative estimate of drug-likeness (QED) is 0.842. The molecule has 0 atom stereocenters. The smallest absolute Gasteiger partial charge is 0.147 e. The van der Waals surface area contributed by atoms with Crippen molar-refractivity contribution in [2.75, 3.05) is 12.4 Å². The lowest BCUT2D eigenvalue weighted by molar-refractivity contribution is 0.417. The van der Waals surface area contributed by atoms with Crippen molar-refractivity contribution in [2.24, 2.45) is 5.73 Å². The van der Waals surface area contributed by atoms with Crippen LogP contribution in [0.5, 0.6) is 5.75 Å². The van der Waals surface area contributed by atoms with Gasteiger partial charge in [-0.2, -0.15) is 0 Å². The molecule has 98 valence electrons. The van der Waals surface area contributed by atoms with Crippen molar-refractivity contribution in [3.8, 4) is 5.75 Å². The van der Waals surface area contributed by atoms with Crippen LogP contribution in [0.2, 0.25) is 0 Å². The topological polar surface area (TPSA) is 47.3 Å². The van der Waals surface area contributed by atoms with Gasteiger partial charge in [0.05, 0.1) is 18.5 Å². The number of hydrogen-bond donors (Lipinski definition) is 2. The fourth-order valence-corrected chi connectivity index (χ4v) is 1.79. The first-order valence-corrected chi connectivity index (χ1v) is 6.02. The van der Waals surface area contributed by atoms with Gasteiger partial charge in [-0.1, -0.05) is 24.4 Å². The van der Waals surface area contributed by atoms with Crippen molar-refractivity contribution in [1.82, 2.24) is 0 Å². The first-order valence-electron chi connectivity index (χ1n) is 5.61. The highest BCUT2D eigenvalue weighted by Gasteiger charge is 2.08. The third-order valence-corrected chi connectivity index (χ3v) is 2.87. The minimum absolute atomic E-state index is 0.169. The van der Waals surface area contributed by atoms with E-state index in [1.165, 1.54) is 6.07 Å². The third kappa shape index (κ3) is 3.00. The van der Waals surface area contributed by atoms with E-state index in [-0.39, 0.29) is 4.99 Å². The zero-order valence-electron chi connectivity index (χ0n) is 10.3. The Morgan fingerprint density at radius 3 is 2.58 bits per heavy atom. The molecule has 0 fully saturated rings. The van der Waals surface area contributed by atoms with Gasteiger partial charge in [-0.25, -0.2) is 4.39 Å². The van der Waals surface area contributed by atoms with E-state index in [1.807, 2.05) is 12.1 Å². The number of halogens is 1. The van der Waals surface area contributed by atoms with E-state index in [0.717, 1.165) is 0 Å². The molecular weight excluding hydrogens is 263 g/mol. The normalized spacial score (nSPS) is 10.0. The highest BCUT2D eigenvalue weighted by molar-refractivity contribution is 7.80. The van der Waals surface area contributed by atoms with E-state index in [2.05, 4.69) is 5.32 Å². The van der Waals surface area contributed by atoms with E-state index in [9.17, 15) is 4.39 Å². The molecule has 0 aliphatic carbocycles. The highest BCUT2D eigenvalue weighted by Crippen LogP contribution is 2.28. The molecule has 0 spiro atoms. The van der Waals surface area contributed by atoms with Gasteiger partial charge in [-0.05, 0) is 30.3 Å². The average molecular weight is 276 g/mol. The van der Waals surface area contributed by atoms with Gasteiger partial charge in [0, 0.05) is 5.56 Å². The molecule has 0 unspecified atom stereocenters. The first kappa shape index (κ1) is 13.3. The monoisotopic (exact) mass is 276 g/mol. The van der Waals surface area contributed by atoms with Gasteiger partial charge in [0.2, 0.25) is 0 Å². The van der Waals surface area contributed by atoms with Crippen LogP contribution in [0.15, 0.2) is 42.5 Å². The van der Waals surface area contributed by atoms with Crippen molar-refractivity contribution in [3.05, 3.63) is 53.8 Å². The Hall–Kier alpha value is -2.14. The van der Waals surface area contributed by atoms with Gasteiger partial charge >= 0.3 is 0 Å². The van der Waals surface area contributed by atoms with Crippen LogP contribution in [0.4, 0.5) is 15.8 Å². The van der Waals surface area contributed by atoms with Gasteiger partial charge in [0.15, 0.2) is 0 Å². The van der Waals surface area contributed by atoms with Gasteiger partial charge in [-0.15, -0.1) is 0 Å². The molecule has 0 saturated carbocycles. The maximum absolute atomic E-state index is 13.9. The lowest BCUT2D eigenvalue weighted by Crippen LogP contribution is -2.09. The molecule has 3 nitrogen and oxygen atoms in total. The molecule has 0 aromatic heterocycles. The summed E-state index contributed by atoms with van der Waals surface area (Å²) < 4.78 is 19.1.